The van der Waals surface area contributed by atoms with Crippen LogP contribution in [0.25, 0.3) is 0 Å². The van der Waals surface area contributed by atoms with E-state index in [1.165, 1.54) is 11.8 Å². The molecule has 5 heteroatoms. The molecule has 0 radical (unpaired) electrons. The average Bonchev–Trinajstić information content (AvgIpc) is 2.34. The highest BCUT2D eigenvalue weighted by atomic mass is 32.2. The van der Waals surface area contributed by atoms with Gasteiger partial charge in [-0.15, -0.1) is 11.8 Å². The van der Waals surface area contributed by atoms with Gasteiger partial charge in [-0.1, -0.05) is 13.0 Å². The minimum Gasteiger partial charge on any atom is -0.392 e. The van der Waals surface area contributed by atoms with Gasteiger partial charge in [-0.2, -0.15) is 0 Å². The monoisotopic (exact) mass is 254 g/mol. The Morgan fingerprint density at radius 3 is 2.94 bits per heavy atom. The molecule has 0 aromatic carbocycles. The van der Waals surface area contributed by atoms with E-state index >= 15 is 0 Å². The molecule has 0 spiro atoms. The standard InChI is InChI=1S/C12H18N2O2S/c1-9(15)10(2)17-8-12(16)14-7-11-4-3-5-13-6-11/h3-6,9-10,15H,7-8H2,1-2H3,(H,14,16). The van der Waals surface area contributed by atoms with Gasteiger partial charge in [0.2, 0.25) is 5.91 Å². The van der Waals surface area contributed by atoms with Crippen LogP contribution in [0, 0.1) is 0 Å². The zero-order chi connectivity index (χ0) is 12.7. The van der Waals surface area contributed by atoms with Crippen LogP contribution in [0.15, 0.2) is 24.5 Å². The van der Waals surface area contributed by atoms with Gasteiger partial charge in [0.1, 0.15) is 0 Å². The molecule has 1 rings (SSSR count). The first-order valence-corrected chi connectivity index (χ1v) is 6.59. The average molecular weight is 254 g/mol. The Labute approximate surface area is 106 Å². The van der Waals surface area contributed by atoms with Crippen LogP contribution in [0.3, 0.4) is 0 Å². The summed E-state index contributed by atoms with van der Waals surface area (Å²) in [6.45, 7) is 4.13. The van der Waals surface area contributed by atoms with Gasteiger partial charge in [0.15, 0.2) is 0 Å². The van der Waals surface area contributed by atoms with Crippen molar-refractivity contribution in [2.24, 2.45) is 0 Å². The molecule has 0 bridgehead atoms. The minimum absolute atomic E-state index is 0.0219. The highest BCUT2D eigenvalue weighted by molar-refractivity contribution is 8.00. The Hall–Kier alpha value is -1.07. The predicted molar refractivity (Wildman–Crippen MR) is 69.7 cm³/mol. The van der Waals surface area contributed by atoms with E-state index < -0.39 is 6.10 Å². The van der Waals surface area contributed by atoms with Crippen LogP contribution in [0.2, 0.25) is 0 Å². The lowest BCUT2D eigenvalue weighted by Crippen LogP contribution is -2.26. The lowest BCUT2D eigenvalue weighted by Gasteiger charge is -2.13. The second-order valence-electron chi connectivity index (χ2n) is 3.89. The molecule has 0 aliphatic carbocycles. The molecule has 1 heterocycles. The van der Waals surface area contributed by atoms with Gasteiger partial charge in [-0.05, 0) is 18.6 Å². The summed E-state index contributed by atoms with van der Waals surface area (Å²) in [6, 6.07) is 3.75. The molecule has 1 amide bonds. The second kappa shape index (κ2) is 7.29. The van der Waals surface area contributed by atoms with E-state index in [0.717, 1.165) is 5.56 Å². The van der Waals surface area contributed by atoms with Gasteiger partial charge in [0, 0.05) is 24.2 Å². The number of hydrogen-bond donors (Lipinski definition) is 2. The quantitative estimate of drug-likeness (QED) is 0.801. The van der Waals surface area contributed by atoms with Crippen molar-refractivity contribution >= 4 is 17.7 Å². The fraction of sp³-hybridized carbons (Fsp3) is 0.500. The minimum atomic E-state index is -0.397. The molecule has 1 aromatic rings. The fourth-order valence-corrected chi connectivity index (χ4v) is 1.90. The van der Waals surface area contributed by atoms with Crippen molar-refractivity contribution in [2.45, 2.75) is 31.7 Å². The van der Waals surface area contributed by atoms with E-state index in [2.05, 4.69) is 10.3 Å². The van der Waals surface area contributed by atoms with E-state index in [-0.39, 0.29) is 11.2 Å². The molecule has 2 N–H and O–H groups in total. The van der Waals surface area contributed by atoms with Gasteiger partial charge in [-0.3, -0.25) is 9.78 Å². The number of amides is 1. The zero-order valence-electron chi connectivity index (χ0n) is 10.1. The molecule has 2 atom stereocenters. The van der Waals surface area contributed by atoms with Crippen LogP contribution in [-0.2, 0) is 11.3 Å². The maximum absolute atomic E-state index is 11.5. The molecular formula is C12H18N2O2S. The van der Waals surface area contributed by atoms with E-state index in [1.54, 1.807) is 19.3 Å². The number of aliphatic hydroxyl groups is 1. The van der Waals surface area contributed by atoms with E-state index in [9.17, 15) is 9.90 Å². The molecular weight excluding hydrogens is 236 g/mol. The summed E-state index contributed by atoms with van der Waals surface area (Å²) in [7, 11) is 0. The van der Waals surface area contributed by atoms with E-state index in [1.807, 2.05) is 19.1 Å². The lowest BCUT2D eigenvalue weighted by molar-refractivity contribution is -0.118. The number of thioether (sulfide) groups is 1. The zero-order valence-corrected chi connectivity index (χ0v) is 10.9. The first-order valence-electron chi connectivity index (χ1n) is 5.55. The molecule has 0 aliphatic rings. The number of pyridine rings is 1. The Kier molecular flexibility index (Phi) is 6.00. The Balaban J connectivity index is 2.22. The topological polar surface area (TPSA) is 62.2 Å². The summed E-state index contributed by atoms with van der Waals surface area (Å²) < 4.78 is 0. The number of carbonyl (C=O) groups excluding carboxylic acids is 1. The second-order valence-corrected chi connectivity index (χ2v) is 5.26. The third-order valence-corrected chi connectivity index (χ3v) is 3.72. The van der Waals surface area contributed by atoms with Gasteiger partial charge in [0.25, 0.3) is 0 Å². The van der Waals surface area contributed by atoms with Crippen molar-refractivity contribution in [1.29, 1.82) is 0 Å². The Morgan fingerprint density at radius 1 is 1.59 bits per heavy atom. The first kappa shape index (κ1) is 14.0. The molecule has 2 unspecified atom stereocenters. The van der Waals surface area contributed by atoms with Crippen LogP contribution in [0.1, 0.15) is 19.4 Å². The van der Waals surface area contributed by atoms with E-state index in [4.69, 9.17) is 0 Å². The third kappa shape index (κ3) is 5.70. The van der Waals surface area contributed by atoms with Crippen molar-refractivity contribution in [3.05, 3.63) is 30.1 Å². The molecule has 1 aromatic heterocycles. The number of hydrogen-bond acceptors (Lipinski definition) is 4. The molecule has 0 saturated carbocycles. The predicted octanol–water partition coefficient (Wildman–Crippen LogP) is 1.20. The molecule has 94 valence electrons. The first-order chi connectivity index (χ1) is 8.09. The number of rotatable bonds is 6. The maximum atomic E-state index is 11.5. The van der Waals surface area contributed by atoms with Crippen LogP contribution in [0.5, 0.6) is 0 Å². The largest absolute Gasteiger partial charge is 0.392 e. The van der Waals surface area contributed by atoms with Crippen LogP contribution < -0.4 is 5.32 Å². The van der Waals surface area contributed by atoms with E-state index in [0.29, 0.717) is 12.3 Å². The van der Waals surface area contributed by atoms with Gasteiger partial charge < -0.3 is 10.4 Å². The van der Waals surface area contributed by atoms with Crippen LogP contribution >= 0.6 is 11.8 Å². The molecule has 0 saturated heterocycles. The molecule has 4 nitrogen and oxygen atoms in total. The van der Waals surface area contributed by atoms with Crippen molar-refractivity contribution in [1.82, 2.24) is 10.3 Å². The number of carbonyl (C=O) groups is 1. The molecule has 0 aliphatic heterocycles. The van der Waals surface area contributed by atoms with Crippen molar-refractivity contribution in [2.75, 3.05) is 5.75 Å². The number of nitrogens with one attached hydrogen (secondary N) is 1. The van der Waals surface area contributed by atoms with Crippen LogP contribution in [-0.4, -0.2) is 33.1 Å². The highest BCUT2D eigenvalue weighted by Gasteiger charge is 2.11. The normalized spacial score (nSPS) is 14.1. The molecule has 17 heavy (non-hydrogen) atoms. The van der Waals surface area contributed by atoms with Crippen molar-refractivity contribution in [3.8, 4) is 0 Å². The summed E-state index contributed by atoms with van der Waals surface area (Å²) in [5, 5.41) is 12.2. The SMILES string of the molecule is CC(O)C(C)SCC(=O)NCc1cccnc1. The smallest absolute Gasteiger partial charge is 0.230 e. The van der Waals surface area contributed by atoms with Crippen molar-refractivity contribution < 1.29 is 9.90 Å². The van der Waals surface area contributed by atoms with Gasteiger partial charge in [-0.25, -0.2) is 0 Å². The Bertz CT molecular complexity index is 344. The number of aromatic nitrogens is 1. The summed E-state index contributed by atoms with van der Waals surface area (Å²) in [5.41, 5.74) is 0.981. The van der Waals surface area contributed by atoms with Crippen molar-refractivity contribution in [3.63, 3.8) is 0 Å². The maximum Gasteiger partial charge on any atom is 0.230 e. The fourth-order valence-electron chi connectivity index (χ4n) is 1.10. The van der Waals surface area contributed by atoms with Gasteiger partial charge >= 0.3 is 0 Å². The lowest BCUT2D eigenvalue weighted by atomic mass is 10.3. The summed E-state index contributed by atoms with van der Waals surface area (Å²) in [5.74, 6) is 0.345. The third-order valence-electron chi connectivity index (χ3n) is 2.37. The number of nitrogens with zero attached hydrogens (tertiary/aromatic N) is 1. The van der Waals surface area contributed by atoms with Crippen LogP contribution in [0.4, 0.5) is 0 Å². The molecule has 0 fully saturated rings. The summed E-state index contributed by atoms with van der Waals surface area (Å²) in [6.07, 6.45) is 3.03. The highest BCUT2D eigenvalue weighted by Crippen LogP contribution is 2.13. The summed E-state index contributed by atoms with van der Waals surface area (Å²) >= 11 is 1.45. The number of aliphatic hydroxyl groups excluding tert-OH is 1. The Morgan fingerprint density at radius 2 is 2.35 bits per heavy atom. The summed E-state index contributed by atoms with van der Waals surface area (Å²) in [4.78, 5) is 15.5. The van der Waals surface area contributed by atoms with Gasteiger partial charge in [0.05, 0.1) is 11.9 Å².